The van der Waals surface area contributed by atoms with Crippen molar-refractivity contribution < 1.29 is 4.74 Å². The highest BCUT2D eigenvalue weighted by molar-refractivity contribution is 5.96. The van der Waals surface area contributed by atoms with Crippen molar-refractivity contribution in [3.63, 3.8) is 0 Å². The summed E-state index contributed by atoms with van der Waals surface area (Å²) in [6.07, 6.45) is 8.67. The third-order valence-electron chi connectivity index (χ3n) is 5.25. The molecule has 0 spiro atoms. The molecule has 138 valence electrons. The standard InChI is InChI=1S/C23H20N4O/c1-3-14-4-6-16-18(10-24-20(16)8-14)22-12-27-23(13-26-22)19-11-25-21-9-15(28-2)5-7-17(19)21/h4-13,24-25H,3H2,1-2H3. The summed E-state index contributed by atoms with van der Waals surface area (Å²) in [5.41, 5.74) is 7.27. The molecule has 5 heteroatoms. The van der Waals surface area contributed by atoms with Crippen LogP contribution in [0.5, 0.6) is 5.75 Å². The molecule has 0 fully saturated rings. The number of methoxy groups -OCH3 is 1. The molecule has 0 saturated carbocycles. The van der Waals surface area contributed by atoms with E-state index in [0.29, 0.717) is 0 Å². The average molecular weight is 368 g/mol. The van der Waals surface area contributed by atoms with Crippen LogP contribution in [0.3, 0.4) is 0 Å². The Morgan fingerprint density at radius 3 is 2.00 bits per heavy atom. The second-order valence-electron chi connectivity index (χ2n) is 6.84. The van der Waals surface area contributed by atoms with E-state index in [2.05, 4.69) is 45.1 Å². The summed E-state index contributed by atoms with van der Waals surface area (Å²) in [4.78, 5) is 16.0. The van der Waals surface area contributed by atoms with Gasteiger partial charge in [-0.15, -0.1) is 0 Å². The lowest BCUT2D eigenvalue weighted by atomic mass is 10.1. The fourth-order valence-electron chi connectivity index (χ4n) is 3.66. The van der Waals surface area contributed by atoms with E-state index in [9.17, 15) is 0 Å². The first kappa shape index (κ1) is 16.6. The van der Waals surface area contributed by atoms with Gasteiger partial charge in [-0.2, -0.15) is 0 Å². The van der Waals surface area contributed by atoms with Crippen LogP contribution in [0.1, 0.15) is 12.5 Å². The Bertz CT molecular complexity index is 1180. The summed E-state index contributed by atoms with van der Waals surface area (Å²) in [6, 6.07) is 12.5. The number of aryl methyl sites for hydroxylation is 1. The van der Waals surface area contributed by atoms with Crippen molar-refractivity contribution in [3.8, 4) is 28.3 Å². The molecule has 0 aliphatic rings. The Labute approximate surface area is 162 Å². The minimum Gasteiger partial charge on any atom is -0.497 e. The summed E-state index contributed by atoms with van der Waals surface area (Å²) in [6.45, 7) is 2.16. The van der Waals surface area contributed by atoms with Gasteiger partial charge in [-0.1, -0.05) is 19.1 Å². The van der Waals surface area contributed by atoms with Crippen LogP contribution in [-0.2, 0) is 6.42 Å². The summed E-state index contributed by atoms with van der Waals surface area (Å²) in [7, 11) is 1.67. The molecule has 3 aromatic heterocycles. The Morgan fingerprint density at radius 2 is 1.43 bits per heavy atom. The molecular formula is C23H20N4O. The lowest BCUT2D eigenvalue weighted by Crippen LogP contribution is -1.88. The highest BCUT2D eigenvalue weighted by Crippen LogP contribution is 2.31. The number of hydrogen-bond acceptors (Lipinski definition) is 3. The number of benzene rings is 2. The Morgan fingerprint density at radius 1 is 0.821 bits per heavy atom. The molecule has 2 aromatic carbocycles. The zero-order chi connectivity index (χ0) is 19.1. The van der Waals surface area contributed by atoms with Gasteiger partial charge in [0, 0.05) is 51.4 Å². The molecule has 0 aliphatic carbocycles. The normalized spacial score (nSPS) is 11.4. The lowest BCUT2D eigenvalue weighted by molar-refractivity contribution is 0.415. The summed E-state index contributed by atoms with van der Waals surface area (Å²) in [5, 5.41) is 2.26. The van der Waals surface area contributed by atoms with Crippen LogP contribution in [0.15, 0.2) is 61.2 Å². The number of nitrogens with zero attached hydrogens (tertiary/aromatic N) is 2. The second-order valence-corrected chi connectivity index (χ2v) is 6.84. The first-order valence-corrected chi connectivity index (χ1v) is 9.34. The number of nitrogens with one attached hydrogen (secondary N) is 2. The van der Waals surface area contributed by atoms with Crippen LogP contribution in [0, 0.1) is 0 Å². The maximum absolute atomic E-state index is 5.29. The third kappa shape index (κ3) is 2.63. The van der Waals surface area contributed by atoms with Crippen LogP contribution >= 0.6 is 0 Å². The van der Waals surface area contributed by atoms with E-state index < -0.39 is 0 Å². The zero-order valence-corrected chi connectivity index (χ0v) is 15.8. The van der Waals surface area contributed by atoms with Crippen LogP contribution in [0.2, 0.25) is 0 Å². The molecule has 0 unspecified atom stereocenters. The fourth-order valence-corrected chi connectivity index (χ4v) is 3.66. The first-order chi connectivity index (χ1) is 13.8. The van der Waals surface area contributed by atoms with Crippen molar-refractivity contribution >= 4 is 21.8 Å². The maximum atomic E-state index is 5.29. The van der Waals surface area contributed by atoms with E-state index in [4.69, 9.17) is 4.74 Å². The van der Waals surface area contributed by atoms with E-state index >= 15 is 0 Å². The van der Waals surface area contributed by atoms with Gasteiger partial charge >= 0.3 is 0 Å². The molecule has 28 heavy (non-hydrogen) atoms. The van der Waals surface area contributed by atoms with Gasteiger partial charge in [0.05, 0.1) is 30.9 Å². The number of ether oxygens (including phenoxy) is 1. The maximum Gasteiger partial charge on any atom is 0.120 e. The summed E-state index contributed by atoms with van der Waals surface area (Å²) in [5.74, 6) is 0.827. The summed E-state index contributed by atoms with van der Waals surface area (Å²) < 4.78 is 5.29. The van der Waals surface area contributed by atoms with Crippen LogP contribution in [0.25, 0.3) is 44.3 Å². The number of fused-ring (bicyclic) bond motifs is 2. The van der Waals surface area contributed by atoms with Crippen molar-refractivity contribution in [1.29, 1.82) is 0 Å². The highest BCUT2D eigenvalue weighted by Gasteiger charge is 2.12. The second kappa shape index (κ2) is 6.53. The molecule has 3 heterocycles. The Hall–Kier alpha value is -3.60. The molecule has 0 bridgehead atoms. The molecule has 0 aliphatic heterocycles. The highest BCUT2D eigenvalue weighted by atomic mass is 16.5. The van der Waals surface area contributed by atoms with Gasteiger partial charge < -0.3 is 14.7 Å². The van der Waals surface area contributed by atoms with E-state index in [-0.39, 0.29) is 0 Å². The van der Waals surface area contributed by atoms with Gasteiger partial charge in [-0.25, -0.2) is 0 Å². The smallest absolute Gasteiger partial charge is 0.120 e. The van der Waals surface area contributed by atoms with Crippen molar-refractivity contribution in [1.82, 2.24) is 19.9 Å². The van der Waals surface area contributed by atoms with Crippen LogP contribution in [0.4, 0.5) is 0 Å². The van der Waals surface area contributed by atoms with Gasteiger partial charge in [0.25, 0.3) is 0 Å². The van der Waals surface area contributed by atoms with Gasteiger partial charge in [0.2, 0.25) is 0 Å². The lowest BCUT2D eigenvalue weighted by Gasteiger charge is -2.03. The van der Waals surface area contributed by atoms with Crippen molar-refractivity contribution in [2.45, 2.75) is 13.3 Å². The molecule has 0 radical (unpaired) electrons. The van der Waals surface area contributed by atoms with E-state index in [0.717, 1.165) is 51.1 Å². The number of H-pyrrole nitrogens is 2. The average Bonchev–Trinajstić information content (AvgIpc) is 3.37. The fraction of sp³-hybridized carbons (Fsp3) is 0.130. The SMILES string of the molecule is CCc1ccc2c(-c3cnc(-c4c[nH]c5cc(OC)ccc45)cn3)c[nH]c2c1. The number of rotatable bonds is 4. The van der Waals surface area contributed by atoms with Crippen molar-refractivity contribution in [3.05, 3.63) is 66.7 Å². The van der Waals surface area contributed by atoms with Gasteiger partial charge in [-0.05, 0) is 30.2 Å². The number of hydrogen-bond donors (Lipinski definition) is 2. The topological polar surface area (TPSA) is 66.6 Å². The molecule has 0 atom stereocenters. The molecule has 0 amide bonds. The molecule has 5 rings (SSSR count). The van der Waals surface area contributed by atoms with Crippen LogP contribution in [-0.4, -0.2) is 27.0 Å². The van der Waals surface area contributed by atoms with Gasteiger partial charge in [0.1, 0.15) is 5.75 Å². The first-order valence-electron chi connectivity index (χ1n) is 9.34. The number of aromatic amines is 2. The van der Waals surface area contributed by atoms with E-state index in [1.165, 1.54) is 10.9 Å². The Kier molecular flexibility index (Phi) is 3.86. The van der Waals surface area contributed by atoms with Crippen LogP contribution < -0.4 is 4.74 Å². The molecule has 5 aromatic rings. The van der Waals surface area contributed by atoms with E-state index in [1.807, 2.05) is 43.0 Å². The Balaban J connectivity index is 1.53. The largest absolute Gasteiger partial charge is 0.497 e. The zero-order valence-electron chi connectivity index (χ0n) is 15.8. The van der Waals surface area contributed by atoms with E-state index in [1.54, 1.807) is 7.11 Å². The molecule has 2 N–H and O–H groups in total. The minimum atomic E-state index is 0.827. The predicted octanol–water partition coefficient (Wildman–Crippen LogP) is 5.34. The van der Waals surface area contributed by atoms with Crippen molar-refractivity contribution in [2.75, 3.05) is 7.11 Å². The quantitative estimate of drug-likeness (QED) is 0.450. The van der Waals surface area contributed by atoms with Gasteiger partial charge in [-0.3, -0.25) is 9.97 Å². The monoisotopic (exact) mass is 368 g/mol. The summed E-state index contributed by atoms with van der Waals surface area (Å²) >= 11 is 0. The number of aromatic nitrogens is 4. The molecular weight excluding hydrogens is 348 g/mol. The minimum absolute atomic E-state index is 0.827. The van der Waals surface area contributed by atoms with Gasteiger partial charge in [0.15, 0.2) is 0 Å². The molecule has 0 saturated heterocycles. The third-order valence-corrected chi connectivity index (χ3v) is 5.25. The van der Waals surface area contributed by atoms with Crippen molar-refractivity contribution in [2.24, 2.45) is 0 Å². The predicted molar refractivity (Wildman–Crippen MR) is 113 cm³/mol. The molecule has 5 nitrogen and oxygen atoms in total.